The molecule has 20 heavy (non-hydrogen) atoms. The number of halogens is 1. The van der Waals surface area contributed by atoms with E-state index in [0.29, 0.717) is 11.7 Å². The third-order valence-corrected chi connectivity index (χ3v) is 4.46. The van der Waals surface area contributed by atoms with Crippen molar-refractivity contribution in [2.45, 2.75) is 39.3 Å². The second kappa shape index (κ2) is 8.53. The van der Waals surface area contributed by atoms with Crippen LogP contribution in [0.15, 0.2) is 18.2 Å². The highest BCUT2D eigenvalue weighted by molar-refractivity contribution is 7.98. The Hall–Kier alpha value is -0.740. The Bertz CT molecular complexity index is 411. The molecule has 0 spiro atoms. The summed E-state index contributed by atoms with van der Waals surface area (Å²) in [6.07, 6.45) is 3.11. The molecule has 2 nitrogen and oxygen atoms in total. The Morgan fingerprint density at radius 2 is 2.05 bits per heavy atom. The van der Waals surface area contributed by atoms with Gasteiger partial charge in [0, 0.05) is 24.9 Å². The molecule has 4 heteroatoms. The standard InChI is InChI=1S/C16H27FN2S/c1-6-14(11-20-5)19(4)16-9-8-13(10-15(16)17)12(3)18-7-2/h8-10,12,14,18H,6-7,11H2,1-5H3. The summed E-state index contributed by atoms with van der Waals surface area (Å²) in [6.45, 7) is 7.15. The lowest BCUT2D eigenvalue weighted by atomic mass is 10.1. The number of nitrogens with zero attached hydrogens (tertiary/aromatic N) is 1. The van der Waals surface area contributed by atoms with Gasteiger partial charge in [0.25, 0.3) is 0 Å². The van der Waals surface area contributed by atoms with Gasteiger partial charge >= 0.3 is 0 Å². The molecule has 114 valence electrons. The first-order valence-electron chi connectivity index (χ1n) is 7.29. The Balaban J connectivity index is 2.91. The van der Waals surface area contributed by atoms with Crippen LogP contribution in [0, 0.1) is 5.82 Å². The maximum Gasteiger partial charge on any atom is 0.146 e. The lowest BCUT2D eigenvalue weighted by Crippen LogP contribution is -2.33. The summed E-state index contributed by atoms with van der Waals surface area (Å²) in [4.78, 5) is 2.06. The molecule has 0 aromatic heterocycles. The van der Waals surface area contributed by atoms with E-state index in [2.05, 4.69) is 37.2 Å². The first-order chi connectivity index (χ1) is 9.54. The van der Waals surface area contributed by atoms with E-state index >= 15 is 0 Å². The maximum atomic E-state index is 14.4. The van der Waals surface area contributed by atoms with Crippen molar-refractivity contribution < 1.29 is 4.39 Å². The first-order valence-corrected chi connectivity index (χ1v) is 8.69. The van der Waals surface area contributed by atoms with Crippen LogP contribution in [0.1, 0.15) is 38.8 Å². The molecule has 0 saturated carbocycles. The van der Waals surface area contributed by atoms with E-state index in [9.17, 15) is 4.39 Å². The third-order valence-electron chi connectivity index (χ3n) is 3.74. The lowest BCUT2D eigenvalue weighted by molar-refractivity contribution is 0.576. The molecule has 0 bridgehead atoms. The highest BCUT2D eigenvalue weighted by atomic mass is 32.2. The van der Waals surface area contributed by atoms with Crippen molar-refractivity contribution in [1.82, 2.24) is 5.32 Å². The molecule has 2 atom stereocenters. The number of thioether (sulfide) groups is 1. The van der Waals surface area contributed by atoms with E-state index in [1.165, 1.54) is 0 Å². The third kappa shape index (κ3) is 4.38. The van der Waals surface area contributed by atoms with Crippen LogP contribution in [0.4, 0.5) is 10.1 Å². The molecule has 0 aliphatic rings. The zero-order valence-electron chi connectivity index (χ0n) is 13.2. The summed E-state index contributed by atoms with van der Waals surface area (Å²) in [6, 6.07) is 6.14. The number of anilines is 1. The molecule has 1 aromatic rings. The highest BCUT2D eigenvalue weighted by Gasteiger charge is 2.17. The molecule has 0 heterocycles. The van der Waals surface area contributed by atoms with Crippen LogP contribution in [0.2, 0.25) is 0 Å². The molecular weight excluding hydrogens is 271 g/mol. The Morgan fingerprint density at radius 1 is 1.35 bits per heavy atom. The minimum absolute atomic E-state index is 0.130. The van der Waals surface area contributed by atoms with Crippen molar-refractivity contribution >= 4 is 17.4 Å². The van der Waals surface area contributed by atoms with Crippen LogP contribution >= 0.6 is 11.8 Å². The molecule has 0 aliphatic carbocycles. The summed E-state index contributed by atoms with van der Waals surface area (Å²) in [5.41, 5.74) is 1.69. The minimum Gasteiger partial charge on any atom is -0.368 e. The van der Waals surface area contributed by atoms with E-state index in [1.54, 1.807) is 17.8 Å². The monoisotopic (exact) mass is 298 g/mol. The van der Waals surface area contributed by atoms with Gasteiger partial charge in [0.1, 0.15) is 5.82 Å². The van der Waals surface area contributed by atoms with Crippen LogP contribution in [-0.2, 0) is 0 Å². The fourth-order valence-electron chi connectivity index (χ4n) is 2.40. The van der Waals surface area contributed by atoms with Crippen molar-refractivity contribution in [2.75, 3.05) is 30.5 Å². The molecule has 1 aromatic carbocycles. The van der Waals surface area contributed by atoms with E-state index in [-0.39, 0.29) is 11.9 Å². The normalized spacial score (nSPS) is 14.1. The lowest BCUT2D eigenvalue weighted by Gasteiger charge is -2.29. The van der Waals surface area contributed by atoms with Gasteiger partial charge in [-0.2, -0.15) is 11.8 Å². The summed E-state index contributed by atoms with van der Waals surface area (Å²) >= 11 is 1.80. The minimum atomic E-state index is -0.130. The quantitative estimate of drug-likeness (QED) is 0.778. The number of rotatable bonds is 8. The molecule has 0 aliphatic heterocycles. The predicted molar refractivity (Wildman–Crippen MR) is 89.4 cm³/mol. The second-order valence-corrected chi connectivity index (χ2v) is 6.03. The van der Waals surface area contributed by atoms with Crippen molar-refractivity contribution in [3.8, 4) is 0 Å². The van der Waals surface area contributed by atoms with Gasteiger partial charge in [-0.15, -0.1) is 0 Å². The molecule has 0 saturated heterocycles. The van der Waals surface area contributed by atoms with Crippen molar-refractivity contribution in [3.63, 3.8) is 0 Å². The first kappa shape index (κ1) is 17.3. The zero-order valence-corrected chi connectivity index (χ0v) is 14.1. The molecular formula is C16H27FN2S. The summed E-state index contributed by atoms with van der Waals surface area (Å²) < 4.78 is 14.4. The molecule has 0 fully saturated rings. The summed E-state index contributed by atoms with van der Waals surface area (Å²) in [5, 5.41) is 3.31. The van der Waals surface area contributed by atoms with Gasteiger partial charge in [0.15, 0.2) is 0 Å². The molecule has 2 unspecified atom stereocenters. The number of hydrogen-bond donors (Lipinski definition) is 1. The predicted octanol–water partition coefficient (Wildman–Crippen LogP) is 4.07. The summed E-state index contributed by atoms with van der Waals surface area (Å²) in [5.74, 6) is 0.886. The SMILES string of the molecule is CCNC(C)c1ccc(N(C)C(CC)CSC)c(F)c1. The van der Waals surface area contributed by atoms with Crippen molar-refractivity contribution in [2.24, 2.45) is 0 Å². The Kier molecular flexibility index (Phi) is 7.38. The van der Waals surface area contributed by atoms with E-state index in [4.69, 9.17) is 0 Å². The van der Waals surface area contributed by atoms with Gasteiger partial charge in [0.05, 0.1) is 5.69 Å². The molecule has 0 radical (unpaired) electrons. The van der Waals surface area contributed by atoms with Gasteiger partial charge in [-0.3, -0.25) is 0 Å². The van der Waals surface area contributed by atoms with Crippen LogP contribution in [0.3, 0.4) is 0 Å². The van der Waals surface area contributed by atoms with Crippen LogP contribution in [0.25, 0.3) is 0 Å². The fourth-order valence-corrected chi connectivity index (χ4v) is 3.24. The van der Waals surface area contributed by atoms with E-state index in [1.807, 2.05) is 19.2 Å². The van der Waals surface area contributed by atoms with E-state index < -0.39 is 0 Å². The smallest absolute Gasteiger partial charge is 0.146 e. The van der Waals surface area contributed by atoms with E-state index in [0.717, 1.165) is 24.3 Å². The van der Waals surface area contributed by atoms with Crippen molar-refractivity contribution in [1.29, 1.82) is 0 Å². The Labute approximate surface area is 127 Å². The Morgan fingerprint density at radius 3 is 2.55 bits per heavy atom. The number of hydrogen-bond acceptors (Lipinski definition) is 3. The van der Waals surface area contributed by atoms with Crippen molar-refractivity contribution in [3.05, 3.63) is 29.6 Å². The maximum absolute atomic E-state index is 14.4. The fraction of sp³-hybridized carbons (Fsp3) is 0.625. The topological polar surface area (TPSA) is 15.3 Å². The van der Waals surface area contributed by atoms with Crippen LogP contribution in [0.5, 0.6) is 0 Å². The van der Waals surface area contributed by atoms with Gasteiger partial charge in [-0.05, 0) is 43.8 Å². The van der Waals surface area contributed by atoms with Gasteiger partial charge in [0.2, 0.25) is 0 Å². The zero-order chi connectivity index (χ0) is 15.1. The highest BCUT2D eigenvalue weighted by Crippen LogP contribution is 2.25. The molecule has 1 N–H and O–H groups in total. The molecule has 1 rings (SSSR count). The number of benzene rings is 1. The second-order valence-electron chi connectivity index (χ2n) is 5.12. The average Bonchev–Trinajstić information content (AvgIpc) is 2.44. The van der Waals surface area contributed by atoms with Gasteiger partial charge in [-0.1, -0.05) is 19.9 Å². The van der Waals surface area contributed by atoms with Gasteiger partial charge in [-0.25, -0.2) is 4.39 Å². The number of nitrogens with one attached hydrogen (secondary N) is 1. The van der Waals surface area contributed by atoms with Gasteiger partial charge < -0.3 is 10.2 Å². The average molecular weight is 298 g/mol. The van der Waals surface area contributed by atoms with Crippen LogP contribution < -0.4 is 10.2 Å². The molecule has 0 amide bonds. The largest absolute Gasteiger partial charge is 0.368 e. The summed E-state index contributed by atoms with van der Waals surface area (Å²) in [7, 11) is 1.98. The van der Waals surface area contributed by atoms with Crippen LogP contribution in [-0.4, -0.2) is 31.6 Å².